The molecule has 3 heteroatoms. The number of aryl methyl sites for hydroxylation is 2. The van der Waals surface area contributed by atoms with Gasteiger partial charge in [0.05, 0.1) is 13.7 Å². The van der Waals surface area contributed by atoms with Crippen molar-refractivity contribution < 1.29 is 9.84 Å². The van der Waals surface area contributed by atoms with E-state index in [0.717, 1.165) is 23.4 Å². The van der Waals surface area contributed by atoms with Crippen LogP contribution < -0.4 is 9.64 Å². The third-order valence-corrected chi connectivity index (χ3v) is 3.58. The van der Waals surface area contributed by atoms with Gasteiger partial charge in [0, 0.05) is 24.8 Å². The van der Waals surface area contributed by atoms with Gasteiger partial charge in [-0.15, -0.1) is 0 Å². The molecule has 112 valence electrons. The summed E-state index contributed by atoms with van der Waals surface area (Å²) in [5.41, 5.74) is 5.68. The SMILES string of the molecule is COc1ccc(CO)cc1CN(C)c1cc(C)cc(C)c1. The molecule has 0 radical (unpaired) electrons. The van der Waals surface area contributed by atoms with Gasteiger partial charge in [0.1, 0.15) is 5.75 Å². The Morgan fingerprint density at radius 2 is 1.71 bits per heavy atom. The highest BCUT2D eigenvalue weighted by atomic mass is 16.5. The number of nitrogens with zero attached hydrogens (tertiary/aromatic N) is 1. The Balaban J connectivity index is 2.27. The molecule has 21 heavy (non-hydrogen) atoms. The summed E-state index contributed by atoms with van der Waals surface area (Å²) >= 11 is 0. The standard InChI is InChI=1S/C18H23NO2/c1-13-7-14(2)9-17(8-13)19(3)11-16-10-15(12-20)5-6-18(16)21-4/h5-10,20H,11-12H2,1-4H3. The van der Waals surface area contributed by atoms with Gasteiger partial charge in [-0.2, -0.15) is 0 Å². The molecular weight excluding hydrogens is 262 g/mol. The molecule has 0 amide bonds. The van der Waals surface area contributed by atoms with Crippen LogP contribution in [0.15, 0.2) is 36.4 Å². The second-order valence-electron chi connectivity index (χ2n) is 5.51. The summed E-state index contributed by atoms with van der Waals surface area (Å²) in [7, 11) is 3.74. The number of hydrogen-bond acceptors (Lipinski definition) is 3. The third-order valence-electron chi connectivity index (χ3n) is 3.58. The summed E-state index contributed by atoms with van der Waals surface area (Å²) in [5.74, 6) is 0.850. The van der Waals surface area contributed by atoms with Crippen LogP contribution in [-0.4, -0.2) is 19.3 Å². The Morgan fingerprint density at radius 3 is 2.29 bits per heavy atom. The molecule has 0 spiro atoms. The summed E-state index contributed by atoms with van der Waals surface area (Å²) in [6, 6.07) is 12.3. The fraction of sp³-hybridized carbons (Fsp3) is 0.333. The van der Waals surface area contributed by atoms with E-state index in [1.54, 1.807) is 7.11 Å². The van der Waals surface area contributed by atoms with E-state index < -0.39 is 0 Å². The quantitative estimate of drug-likeness (QED) is 0.913. The lowest BCUT2D eigenvalue weighted by molar-refractivity contribution is 0.281. The molecule has 0 fully saturated rings. The summed E-state index contributed by atoms with van der Waals surface area (Å²) in [6.45, 7) is 5.00. The summed E-state index contributed by atoms with van der Waals surface area (Å²) in [6.07, 6.45) is 0. The van der Waals surface area contributed by atoms with Gasteiger partial charge in [-0.05, 0) is 54.8 Å². The number of rotatable bonds is 5. The van der Waals surface area contributed by atoms with Gasteiger partial charge in [-0.1, -0.05) is 12.1 Å². The summed E-state index contributed by atoms with van der Waals surface area (Å²) in [5, 5.41) is 9.30. The van der Waals surface area contributed by atoms with Crippen LogP contribution in [0.5, 0.6) is 5.75 Å². The van der Waals surface area contributed by atoms with Crippen molar-refractivity contribution in [1.82, 2.24) is 0 Å². The molecule has 0 unspecified atom stereocenters. The average Bonchev–Trinajstić information content (AvgIpc) is 2.46. The number of benzene rings is 2. The molecule has 2 aromatic rings. The van der Waals surface area contributed by atoms with E-state index in [4.69, 9.17) is 4.74 Å². The summed E-state index contributed by atoms with van der Waals surface area (Å²) in [4.78, 5) is 2.19. The Bertz CT molecular complexity index is 602. The van der Waals surface area contributed by atoms with Crippen molar-refractivity contribution in [1.29, 1.82) is 0 Å². The van der Waals surface area contributed by atoms with E-state index in [9.17, 15) is 5.11 Å². The minimum atomic E-state index is 0.0459. The first-order chi connectivity index (χ1) is 10.0. The molecule has 3 nitrogen and oxygen atoms in total. The number of aliphatic hydroxyl groups is 1. The number of anilines is 1. The molecule has 0 saturated heterocycles. The Morgan fingerprint density at radius 1 is 1.05 bits per heavy atom. The van der Waals surface area contributed by atoms with Gasteiger partial charge in [-0.3, -0.25) is 0 Å². The Hall–Kier alpha value is -2.00. The van der Waals surface area contributed by atoms with Crippen molar-refractivity contribution in [2.75, 3.05) is 19.1 Å². The van der Waals surface area contributed by atoms with Crippen LogP contribution >= 0.6 is 0 Å². The zero-order valence-corrected chi connectivity index (χ0v) is 13.2. The van der Waals surface area contributed by atoms with E-state index in [-0.39, 0.29) is 6.61 Å². The van der Waals surface area contributed by atoms with Gasteiger partial charge in [-0.25, -0.2) is 0 Å². The van der Waals surface area contributed by atoms with Crippen LogP contribution in [0.2, 0.25) is 0 Å². The Kier molecular flexibility index (Phi) is 4.86. The molecule has 0 saturated carbocycles. The van der Waals surface area contributed by atoms with Crippen molar-refractivity contribution in [3.05, 3.63) is 58.7 Å². The fourth-order valence-electron chi connectivity index (χ4n) is 2.57. The number of ether oxygens (including phenoxy) is 1. The van der Waals surface area contributed by atoms with Crippen molar-refractivity contribution in [3.8, 4) is 5.75 Å². The Labute approximate surface area is 126 Å². The maximum atomic E-state index is 9.30. The zero-order valence-electron chi connectivity index (χ0n) is 13.2. The molecule has 0 aromatic heterocycles. The number of methoxy groups -OCH3 is 1. The third kappa shape index (κ3) is 3.76. The lowest BCUT2D eigenvalue weighted by Crippen LogP contribution is -2.17. The normalized spacial score (nSPS) is 10.5. The molecule has 0 aliphatic carbocycles. The highest BCUT2D eigenvalue weighted by Gasteiger charge is 2.09. The fourth-order valence-corrected chi connectivity index (χ4v) is 2.57. The molecule has 0 aliphatic rings. The second-order valence-corrected chi connectivity index (χ2v) is 5.51. The number of aliphatic hydroxyl groups excluding tert-OH is 1. The van der Waals surface area contributed by atoms with Gasteiger partial charge in [0.2, 0.25) is 0 Å². The first-order valence-electron chi connectivity index (χ1n) is 7.09. The van der Waals surface area contributed by atoms with Crippen LogP contribution in [0.3, 0.4) is 0 Å². The van der Waals surface area contributed by atoms with Crippen LogP contribution in [-0.2, 0) is 13.2 Å². The summed E-state index contributed by atoms with van der Waals surface area (Å²) < 4.78 is 5.42. The largest absolute Gasteiger partial charge is 0.496 e. The minimum Gasteiger partial charge on any atom is -0.496 e. The van der Waals surface area contributed by atoms with Gasteiger partial charge < -0.3 is 14.7 Å². The first kappa shape index (κ1) is 15.4. The predicted octanol–water partition coefficient (Wildman–Crippen LogP) is 3.44. The van der Waals surface area contributed by atoms with Gasteiger partial charge in [0.25, 0.3) is 0 Å². The minimum absolute atomic E-state index is 0.0459. The predicted molar refractivity (Wildman–Crippen MR) is 86.9 cm³/mol. The molecule has 0 aliphatic heterocycles. The van der Waals surface area contributed by atoms with Gasteiger partial charge >= 0.3 is 0 Å². The topological polar surface area (TPSA) is 32.7 Å². The lowest BCUT2D eigenvalue weighted by atomic mass is 10.1. The van der Waals surface area contributed by atoms with Gasteiger partial charge in [0.15, 0.2) is 0 Å². The van der Waals surface area contributed by atoms with Crippen LogP contribution in [0.25, 0.3) is 0 Å². The molecule has 2 rings (SSSR count). The smallest absolute Gasteiger partial charge is 0.123 e. The highest BCUT2D eigenvalue weighted by Crippen LogP contribution is 2.25. The molecule has 1 N–H and O–H groups in total. The van der Waals surface area contributed by atoms with Crippen molar-refractivity contribution in [3.63, 3.8) is 0 Å². The molecule has 2 aromatic carbocycles. The van der Waals surface area contributed by atoms with Crippen molar-refractivity contribution >= 4 is 5.69 Å². The zero-order chi connectivity index (χ0) is 15.4. The van der Waals surface area contributed by atoms with E-state index in [0.29, 0.717) is 0 Å². The molecule has 0 bridgehead atoms. The lowest BCUT2D eigenvalue weighted by Gasteiger charge is -2.22. The second kappa shape index (κ2) is 6.64. The van der Waals surface area contributed by atoms with Crippen molar-refractivity contribution in [2.24, 2.45) is 0 Å². The van der Waals surface area contributed by atoms with Crippen LogP contribution in [0.4, 0.5) is 5.69 Å². The van der Waals surface area contributed by atoms with E-state index in [2.05, 4.69) is 44.0 Å². The molecule has 0 heterocycles. The highest BCUT2D eigenvalue weighted by molar-refractivity contribution is 5.51. The van der Waals surface area contributed by atoms with E-state index in [1.807, 2.05) is 18.2 Å². The van der Waals surface area contributed by atoms with E-state index >= 15 is 0 Å². The molecular formula is C18H23NO2. The van der Waals surface area contributed by atoms with Crippen LogP contribution in [0.1, 0.15) is 22.3 Å². The number of hydrogen-bond donors (Lipinski definition) is 1. The van der Waals surface area contributed by atoms with Crippen molar-refractivity contribution in [2.45, 2.75) is 27.0 Å². The first-order valence-corrected chi connectivity index (χ1v) is 7.09. The monoisotopic (exact) mass is 285 g/mol. The van der Waals surface area contributed by atoms with E-state index in [1.165, 1.54) is 16.8 Å². The van der Waals surface area contributed by atoms with Crippen LogP contribution in [0, 0.1) is 13.8 Å². The average molecular weight is 285 g/mol. The maximum Gasteiger partial charge on any atom is 0.123 e. The molecule has 0 atom stereocenters. The maximum absolute atomic E-state index is 9.30.